The van der Waals surface area contributed by atoms with Crippen LogP contribution in [0.4, 0.5) is 0 Å². The maximum Gasteiger partial charge on any atom is 0.276 e. The minimum atomic E-state index is -1.68. The summed E-state index contributed by atoms with van der Waals surface area (Å²) in [6.45, 7) is 20.0. The first-order valence-electron chi connectivity index (χ1n) is 9.55. The van der Waals surface area contributed by atoms with E-state index in [1.165, 1.54) is 27.0 Å². The monoisotopic (exact) mass is 426 g/mol. The Labute approximate surface area is 168 Å². The molecule has 0 N–H and O–H groups in total. The van der Waals surface area contributed by atoms with Crippen LogP contribution in [0.3, 0.4) is 0 Å². The van der Waals surface area contributed by atoms with Gasteiger partial charge >= 0.3 is 0 Å². The van der Waals surface area contributed by atoms with Crippen LogP contribution in [0.5, 0.6) is 5.75 Å². The third-order valence-corrected chi connectivity index (χ3v) is 8.65. The summed E-state index contributed by atoms with van der Waals surface area (Å²) in [6.07, 6.45) is 0. The van der Waals surface area contributed by atoms with Crippen LogP contribution < -0.4 is 4.43 Å². The minimum absolute atomic E-state index is 0.163. The Bertz CT molecular complexity index is 600. The number of allylic oxidation sites excluding steroid dienone is 2. The summed E-state index contributed by atoms with van der Waals surface area (Å²) >= 11 is 0. The van der Waals surface area contributed by atoms with Crippen molar-refractivity contribution in [2.24, 2.45) is 0 Å². The van der Waals surface area contributed by atoms with Crippen LogP contribution in [-0.2, 0) is 8.85 Å². The predicted octanol–water partition coefficient (Wildman–Crippen LogP) is 4.10. The fourth-order valence-corrected chi connectivity index (χ4v) is 8.90. The van der Waals surface area contributed by atoms with Crippen molar-refractivity contribution < 1.29 is 13.3 Å². The topological polar surface area (TPSA) is 27.7 Å². The van der Waals surface area contributed by atoms with E-state index in [9.17, 15) is 0 Å². The lowest BCUT2D eigenvalue weighted by atomic mass is 10.00. The number of para-hydroxylation sites is 1. The molecule has 1 atom stereocenters. The number of rotatable bonds is 9. The lowest BCUT2D eigenvalue weighted by Gasteiger charge is -2.31. The summed E-state index contributed by atoms with van der Waals surface area (Å²) in [7, 11) is -3.21. The van der Waals surface area contributed by atoms with Gasteiger partial charge in [0.25, 0.3) is 9.76 Å². The Morgan fingerprint density at radius 2 is 1.46 bits per heavy atom. The highest BCUT2D eigenvalue weighted by atomic mass is 28.4. The molecule has 0 aromatic heterocycles. The summed E-state index contributed by atoms with van der Waals surface area (Å²) in [5, 5.41) is 0. The van der Waals surface area contributed by atoms with Crippen LogP contribution in [0.15, 0.2) is 29.8 Å². The maximum atomic E-state index is 6.35. The van der Waals surface area contributed by atoms with Crippen molar-refractivity contribution in [3.63, 3.8) is 0 Å². The fraction of sp³-hybridized carbons (Fsp3) is 0.579. The van der Waals surface area contributed by atoms with E-state index in [0.717, 1.165) is 5.75 Å². The molecule has 1 unspecified atom stereocenters. The summed E-state index contributed by atoms with van der Waals surface area (Å²) in [5.41, 5.74) is 4.67. The third kappa shape index (κ3) is 8.49. The summed E-state index contributed by atoms with van der Waals surface area (Å²) in [6, 6.07) is 8.39. The molecule has 0 saturated heterocycles. The molecule has 1 rings (SSSR count). The van der Waals surface area contributed by atoms with E-state index >= 15 is 0 Å². The van der Waals surface area contributed by atoms with E-state index in [1.54, 1.807) is 0 Å². The first-order valence-corrected chi connectivity index (χ1v) is 18.9. The lowest BCUT2D eigenvalue weighted by molar-refractivity contribution is 0.0531. The second-order valence-electron chi connectivity index (χ2n) is 9.16. The zero-order valence-corrected chi connectivity index (χ0v) is 23.8. The third-order valence-electron chi connectivity index (χ3n) is 4.09. The average Bonchev–Trinajstić information content (AvgIpc) is 2.48. The first-order chi connectivity index (χ1) is 11.8. The van der Waals surface area contributed by atoms with Crippen molar-refractivity contribution in [1.82, 2.24) is 0 Å². The van der Waals surface area contributed by atoms with E-state index in [2.05, 4.69) is 78.3 Å². The SMILES string of the molecule is CC(=C(C)C(C)[SiH3])c1ccccc1O[SiH2]C(O[Si](C)(C)C)O[Si](C)(C)C. The Balaban J connectivity index is 3.01. The lowest BCUT2D eigenvalue weighted by Crippen LogP contribution is -2.44. The van der Waals surface area contributed by atoms with Crippen LogP contribution >= 0.6 is 0 Å². The molecule has 1 aromatic rings. The first kappa shape index (κ1) is 23.6. The van der Waals surface area contributed by atoms with Crippen molar-refractivity contribution in [3.05, 3.63) is 35.4 Å². The predicted molar refractivity (Wildman–Crippen MR) is 126 cm³/mol. The molecular weight excluding hydrogens is 389 g/mol. The van der Waals surface area contributed by atoms with E-state index < -0.39 is 26.4 Å². The Kier molecular flexibility index (Phi) is 8.76. The van der Waals surface area contributed by atoms with Gasteiger partial charge in [0.05, 0.1) is 0 Å². The van der Waals surface area contributed by atoms with Gasteiger partial charge in [-0.05, 0) is 70.3 Å². The number of benzene rings is 1. The summed E-state index contributed by atoms with van der Waals surface area (Å²) in [4.78, 5) is 0. The Morgan fingerprint density at radius 3 is 1.92 bits per heavy atom. The van der Waals surface area contributed by atoms with Crippen LogP contribution in [0.25, 0.3) is 5.57 Å². The zero-order chi connectivity index (χ0) is 20.1. The van der Waals surface area contributed by atoms with Gasteiger partial charge in [-0.15, -0.1) is 0 Å². The van der Waals surface area contributed by atoms with Crippen LogP contribution in [0.2, 0.25) is 44.8 Å². The fourth-order valence-electron chi connectivity index (χ4n) is 2.59. The quantitative estimate of drug-likeness (QED) is 0.439. The van der Waals surface area contributed by atoms with Gasteiger partial charge in [0.1, 0.15) is 5.75 Å². The van der Waals surface area contributed by atoms with Crippen LogP contribution in [0, 0.1) is 0 Å². The molecule has 1 aromatic carbocycles. The van der Waals surface area contributed by atoms with E-state index in [4.69, 9.17) is 13.3 Å². The average molecular weight is 427 g/mol. The molecule has 3 nitrogen and oxygen atoms in total. The second kappa shape index (κ2) is 9.65. The molecule has 0 aliphatic carbocycles. The molecule has 0 spiro atoms. The van der Waals surface area contributed by atoms with E-state index in [1.807, 2.05) is 6.07 Å². The zero-order valence-electron chi connectivity index (χ0n) is 18.4. The second-order valence-corrected chi connectivity index (χ2v) is 21.1. The highest BCUT2D eigenvalue weighted by molar-refractivity contribution is 6.71. The Morgan fingerprint density at radius 1 is 0.962 bits per heavy atom. The van der Waals surface area contributed by atoms with E-state index in [0.29, 0.717) is 5.54 Å². The number of hydrogen-bond donors (Lipinski definition) is 0. The molecule has 26 heavy (non-hydrogen) atoms. The van der Waals surface area contributed by atoms with Gasteiger partial charge in [0.2, 0.25) is 0 Å². The standard InChI is InChI=1S/C19H38O3Si4/c1-14(16(3)23)15(2)17-12-10-11-13-18(17)20-24-19(21-25(4,5)6)22-26(7,8)9/h10-13,16,19H,24H2,1-9,23H3. The van der Waals surface area contributed by atoms with Gasteiger partial charge in [-0.2, -0.15) is 0 Å². The number of hydrogen-bond acceptors (Lipinski definition) is 3. The van der Waals surface area contributed by atoms with Crippen LogP contribution in [-0.4, -0.2) is 42.6 Å². The van der Waals surface area contributed by atoms with Gasteiger partial charge in [-0.3, -0.25) is 0 Å². The molecule has 0 aliphatic heterocycles. The molecule has 0 heterocycles. The highest BCUT2D eigenvalue weighted by Crippen LogP contribution is 2.31. The smallest absolute Gasteiger partial charge is 0.276 e. The van der Waals surface area contributed by atoms with Gasteiger partial charge in [0, 0.05) is 15.8 Å². The van der Waals surface area contributed by atoms with Crippen molar-refractivity contribution in [3.8, 4) is 5.75 Å². The molecule has 7 heteroatoms. The molecular formula is C19H38O3Si4. The highest BCUT2D eigenvalue weighted by Gasteiger charge is 2.28. The van der Waals surface area contributed by atoms with Crippen molar-refractivity contribution >= 4 is 42.2 Å². The molecule has 0 amide bonds. The largest absolute Gasteiger partial charge is 0.543 e. The van der Waals surface area contributed by atoms with Crippen molar-refractivity contribution in [2.45, 2.75) is 71.5 Å². The molecule has 0 saturated carbocycles. The summed E-state index contributed by atoms with van der Waals surface area (Å²) < 4.78 is 19.0. The van der Waals surface area contributed by atoms with Crippen LogP contribution in [0.1, 0.15) is 26.3 Å². The normalized spacial score (nSPS) is 15.6. The van der Waals surface area contributed by atoms with Gasteiger partial charge in [-0.25, -0.2) is 0 Å². The van der Waals surface area contributed by atoms with Gasteiger partial charge in [0.15, 0.2) is 22.5 Å². The molecule has 148 valence electrons. The molecule has 0 aliphatic rings. The molecule has 0 fully saturated rings. The summed E-state index contributed by atoms with van der Waals surface area (Å²) in [5.74, 6) is 0.811. The van der Waals surface area contributed by atoms with Gasteiger partial charge in [-0.1, -0.05) is 30.7 Å². The van der Waals surface area contributed by atoms with Crippen molar-refractivity contribution in [1.29, 1.82) is 0 Å². The molecule has 0 radical (unpaired) electrons. The molecule has 0 bridgehead atoms. The Hall–Kier alpha value is -0.452. The van der Waals surface area contributed by atoms with Crippen molar-refractivity contribution in [2.75, 3.05) is 0 Å². The maximum absolute atomic E-state index is 6.35. The van der Waals surface area contributed by atoms with E-state index in [-0.39, 0.29) is 5.91 Å². The van der Waals surface area contributed by atoms with Gasteiger partial charge < -0.3 is 13.3 Å². The minimum Gasteiger partial charge on any atom is -0.543 e.